The molecule has 0 spiro atoms. The molecule has 1 fully saturated rings. The highest BCUT2D eigenvalue weighted by molar-refractivity contribution is 8.23. The summed E-state index contributed by atoms with van der Waals surface area (Å²) in [6, 6.07) is 0. The molecule has 0 bridgehead atoms. The summed E-state index contributed by atoms with van der Waals surface area (Å²) in [5.41, 5.74) is 0. The highest BCUT2D eigenvalue weighted by Crippen LogP contribution is 2.18. The fraction of sp³-hybridized carbons (Fsp3) is 0.500. The van der Waals surface area contributed by atoms with E-state index in [0.29, 0.717) is 23.8 Å². The average Bonchev–Trinajstić information content (AvgIpc) is 2.64. The molecule has 0 unspecified atom stereocenters. The third-order valence-corrected chi connectivity index (χ3v) is 3.45. The SMILES string of the molecule is CC=CC(=O)NCCC(=O)N1CCSC1=S. The lowest BCUT2D eigenvalue weighted by Crippen LogP contribution is -2.34. The molecule has 1 saturated heterocycles. The third kappa shape index (κ3) is 3.94. The molecule has 0 aromatic heterocycles. The molecule has 1 aliphatic heterocycles. The number of nitrogens with zero attached hydrogens (tertiary/aromatic N) is 1. The number of nitrogens with one attached hydrogen (secondary N) is 1. The molecule has 0 atom stereocenters. The van der Waals surface area contributed by atoms with Gasteiger partial charge >= 0.3 is 0 Å². The molecule has 0 aromatic carbocycles. The van der Waals surface area contributed by atoms with Gasteiger partial charge in [-0.3, -0.25) is 14.5 Å². The Morgan fingerprint density at radius 3 is 2.94 bits per heavy atom. The Morgan fingerprint density at radius 1 is 1.62 bits per heavy atom. The molecule has 0 radical (unpaired) electrons. The van der Waals surface area contributed by atoms with Crippen molar-refractivity contribution in [2.24, 2.45) is 0 Å². The van der Waals surface area contributed by atoms with Gasteiger partial charge < -0.3 is 5.32 Å². The van der Waals surface area contributed by atoms with Crippen molar-refractivity contribution in [1.82, 2.24) is 10.2 Å². The van der Waals surface area contributed by atoms with Crippen LogP contribution in [0.4, 0.5) is 0 Å². The topological polar surface area (TPSA) is 49.4 Å². The zero-order valence-electron chi connectivity index (χ0n) is 9.06. The molecule has 1 rings (SSSR count). The maximum Gasteiger partial charge on any atom is 0.243 e. The van der Waals surface area contributed by atoms with E-state index in [2.05, 4.69) is 5.32 Å². The summed E-state index contributed by atoms with van der Waals surface area (Å²) in [5.74, 6) is 0.680. The van der Waals surface area contributed by atoms with Crippen LogP contribution in [-0.2, 0) is 9.59 Å². The summed E-state index contributed by atoms with van der Waals surface area (Å²) in [7, 11) is 0. The monoisotopic (exact) mass is 258 g/mol. The molecule has 0 aliphatic carbocycles. The molecule has 2 amide bonds. The number of allylic oxidation sites excluding steroid dienone is 1. The fourth-order valence-electron chi connectivity index (χ4n) is 1.26. The summed E-state index contributed by atoms with van der Waals surface area (Å²) in [4.78, 5) is 24.3. The Bertz CT molecular complexity index is 329. The molecule has 1 N–H and O–H groups in total. The van der Waals surface area contributed by atoms with Crippen molar-refractivity contribution in [2.45, 2.75) is 13.3 Å². The number of carbonyl (C=O) groups is 2. The van der Waals surface area contributed by atoms with Crippen molar-refractivity contribution in [3.63, 3.8) is 0 Å². The van der Waals surface area contributed by atoms with Crippen molar-refractivity contribution < 1.29 is 9.59 Å². The number of rotatable bonds is 4. The molecule has 0 aromatic rings. The lowest BCUT2D eigenvalue weighted by Gasteiger charge is -2.14. The zero-order valence-corrected chi connectivity index (χ0v) is 10.7. The first-order chi connectivity index (χ1) is 7.65. The Morgan fingerprint density at radius 2 is 2.38 bits per heavy atom. The van der Waals surface area contributed by atoms with Gasteiger partial charge in [0.25, 0.3) is 0 Å². The van der Waals surface area contributed by atoms with Crippen molar-refractivity contribution in [3.05, 3.63) is 12.2 Å². The van der Waals surface area contributed by atoms with Crippen LogP contribution in [0.15, 0.2) is 12.2 Å². The minimum Gasteiger partial charge on any atom is -0.352 e. The van der Waals surface area contributed by atoms with Gasteiger partial charge in [-0.25, -0.2) is 0 Å². The van der Waals surface area contributed by atoms with Gasteiger partial charge in [0.1, 0.15) is 4.32 Å². The number of hydrogen-bond acceptors (Lipinski definition) is 4. The number of thioether (sulfide) groups is 1. The lowest BCUT2D eigenvalue weighted by atomic mass is 10.3. The van der Waals surface area contributed by atoms with E-state index in [4.69, 9.17) is 12.2 Å². The first kappa shape index (κ1) is 13.2. The van der Waals surface area contributed by atoms with Crippen molar-refractivity contribution >= 4 is 40.1 Å². The van der Waals surface area contributed by atoms with Gasteiger partial charge in [0.2, 0.25) is 11.8 Å². The molecule has 4 nitrogen and oxygen atoms in total. The second kappa shape index (κ2) is 6.65. The maximum atomic E-state index is 11.7. The molecule has 6 heteroatoms. The van der Waals surface area contributed by atoms with Gasteiger partial charge in [-0.2, -0.15) is 0 Å². The second-order valence-corrected chi connectivity index (χ2v) is 4.93. The largest absolute Gasteiger partial charge is 0.352 e. The Labute approximate surface area is 104 Å². The lowest BCUT2D eigenvalue weighted by molar-refractivity contribution is -0.126. The van der Waals surface area contributed by atoms with Gasteiger partial charge in [0.05, 0.1) is 0 Å². The maximum absolute atomic E-state index is 11.7. The van der Waals surface area contributed by atoms with E-state index >= 15 is 0 Å². The van der Waals surface area contributed by atoms with Crippen LogP contribution >= 0.6 is 24.0 Å². The summed E-state index contributed by atoms with van der Waals surface area (Å²) >= 11 is 6.55. The minimum atomic E-state index is -0.173. The van der Waals surface area contributed by atoms with Crippen molar-refractivity contribution in [2.75, 3.05) is 18.8 Å². The molecule has 0 saturated carbocycles. The first-order valence-corrected chi connectivity index (χ1v) is 6.42. The molecule has 1 aliphatic rings. The van der Waals surface area contributed by atoms with Crippen LogP contribution in [-0.4, -0.2) is 39.9 Å². The van der Waals surface area contributed by atoms with Crippen LogP contribution in [0.25, 0.3) is 0 Å². The number of hydrogen-bond donors (Lipinski definition) is 1. The van der Waals surface area contributed by atoms with E-state index in [1.54, 1.807) is 17.9 Å². The van der Waals surface area contributed by atoms with E-state index in [-0.39, 0.29) is 11.8 Å². The Kier molecular flexibility index (Phi) is 5.48. The van der Waals surface area contributed by atoms with Gasteiger partial charge in [-0.1, -0.05) is 30.1 Å². The molecular formula is C10H14N2O2S2. The van der Waals surface area contributed by atoms with Crippen molar-refractivity contribution in [1.29, 1.82) is 0 Å². The smallest absolute Gasteiger partial charge is 0.243 e. The fourth-order valence-corrected chi connectivity index (χ4v) is 2.50. The van der Waals surface area contributed by atoms with Gasteiger partial charge in [-0.05, 0) is 13.0 Å². The van der Waals surface area contributed by atoms with Crippen LogP contribution in [0.2, 0.25) is 0 Å². The highest BCUT2D eigenvalue weighted by atomic mass is 32.2. The Hall–Kier alpha value is -0.880. The molecule has 88 valence electrons. The highest BCUT2D eigenvalue weighted by Gasteiger charge is 2.23. The van der Waals surface area contributed by atoms with E-state index in [0.717, 1.165) is 5.75 Å². The van der Waals surface area contributed by atoms with E-state index in [1.165, 1.54) is 17.8 Å². The van der Waals surface area contributed by atoms with Gasteiger partial charge in [0, 0.05) is 25.3 Å². The van der Waals surface area contributed by atoms with Gasteiger partial charge in [0.15, 0.2) is 0 Å². The van der Waals surface area contributed by atoms with Crippen LogP contribution in [0.5, 0.6) is 0 Å². The van der Waals surface area contributed by atoms with Crippen LogP contribution in [0.1, 0.15) is 13.3 Å². The van der Waals surface area contributed by atoms with E-state index in [9.17, 15) is 9.59 Å². The standard InChI is InChI=1S/C10H14N2O2S2/c1-2-3-8(13)11-5-4-9(14)12-6-7-16-10(12)15/h2-3H,4-7H2,1H3,(H,11,13). The first-order valence-electron chi connectivity index (χ1n) is 5.03. The number of carbonyl (C=O) groups excluding carboxylic acids is 2. The predicted molar refractivity (Wildman–Crippen MR) is 69.2 cm³/mol. The summed E-state index contributed by atoms with van der Waals surface area (Å²) in [6.07, 6.45) is 3.38. The quantitative estimate of drug-likeness (QED) is 0.602. The average molecular weight is 258 g/mol. The molecule has 1 heterocycles. The number of amides is 2. The van der Waals surface area contributed by atoms with E-state index < -0.39 is 0 Å². The third-order valence-electron chi connectivity index (χ3n) is 2.02. The zero-order chi connectivity index (χ0) is 12.0. The number of thiocarbonyl (C=S) groups is 1. The molecule has 16 heavy (non-hydrogen) atoms. The summed E-state index contributed by atoms with van der Waals surface area (Å²) < 4.78 is 0.643. The van der Waals surface area contributed by atoms with Gasteiger partial charge in [-0.15, -0.1) is 0 Å². The predicted octanol–water partition coefficient (Wildman–Crippen LogP) is 0.929. The Balaban J connectivity index is 2.25. The van der Waals surface area contributed by atoms with Crippen LogP contribution < -0.4 is 5.32 Å². The van der Waals surface area contributed by atoms with Crippen LogP contribution in [0.3, 0.4) is 0 Å². The minimum absolute atomic E-state index is 0.0178. The summed E-state index contributed by atoms with van der Waals surface area (Å²) in [5, 5.41) is 2.63. The van der Waals surface area contributed by atoms with Crippen molar-refractivity contribution in [3.8, 4) is 0 Å². The summed E-state index contributed by atoms with van der Waals surface area (Å²) in [6.45, 7) is 2.81. The van der Waals surface area contributed by atoms with Crippen LogP contribution in [0, 0.1) is 0 Å². The second-order valence-electron chi connectivity index (χ2n) is 3.20. The normalized spacial score (nSPS) is 15.8. The van der Waals surface area contributed by atoms with E-state index in [1.807, 2.05) is 0 Å². The molecular weight excluding hydrogens is 244 g/mol.